The molecule has 2 heteroatoms. The first kappa shape index (κ1) is 25.9. The summed E-state index contributed by atoms with van der Waals surface area (Å²) in [6.45, 7) is 3.06. The maximum atomic E-state index is 5.95. The third-order valence-electron chi connectivity index (χ3n) is 5.80. The van der Waals surface area contributed by atoms with Crippen LogP contribution in [-0.2, 0) is 0 Å². The predicted octanol–water partition coefficient (Wildman–Crippen LogP) is 7.48. The van der Waals surface area contributed by atoms with E-state index in [1.807, 2.05) is 0 Å². The summed E-state index contributed by atoms with van der Waals surface area (Å²) >= 11 is 0. The third kappa shape index (κ3) is 22.0. The lowest BCUT2D eigenvalue weighted by molar-refractivity contribution is 0.508. The fourth-order valence-corrected chi connectivity index (χ4v) is 3.76. The molecule has 2 nitrogen and oxygen atoms in total. The van der Waals surface area contributed by atoms with Crippen LogP contribution in [0.15, 0.2) is 0 Å². The molecule has 0 aliphatic rings. The normalized spacial score (nSPS) is 12.6. The molecule has 0 aliphatic carbocycles. The Labute approximate surface area is 166 Å². The van der Waals surface area contributed by atoms with E-state index in [1.54, 1.807) is 0 Å². The van der Waals surface area contributed by atoms with E-state index in [2.05, 4.69) is 6.92 Å². The van der Waals surface area contributed by atoms with E-state index in [0.29, 0.717) is 6.04 Å². The fourth-order valence-electron chi connectivity index (χ4n) is 3.76. The molecule has 0 heterocycles. The van der Waals surface area contributed by atoms with E-state index in [-0.39, 0.29) is 0 Å². The minimum Gasteiger partial charge on any atom is -0.330 e. The van der Waals surface area contributed by atoms with Gasteiger partial charge < -0.3 is 11.5 Å². The third-order valence-corrected chi connectivity index (χ3v) is 5.80. The lowest BCUT2D eigenvalue weighted by Crippen LogP contribution is -2.17. The Hall–Kier alpha value is -0.0800. The largest absolute Gasteiger partial charge is 0.330 e. The topological polar surface area (TPSA) is 52.0 Å². The Morgan fingerprint density at radius 2 is 0.731 bits per heavy atom. The number of hydrogen-bond donors (Lipinski definition) is 2. The van der Waals surface area contributed by atoms with Crippen molar-refractivity contribution in [3.63, 3.8) is 0 Å². The second-order valence-electron chi connectivity index (χ2n) is 8.46. The number of rotatable bonds is 22. The number of hydrogen-bond acceptors (Lipinski definition) is 2. The Bertz CT molecular complexity index is 242. The van der Waals surface area contributed by atoms with E-state index in [1.165, 1.54) is 128 Å². The first-order valence-corrected chi connectivity index (χ1v) is 12.3. The van der Waals surface area contributed by atoms with Crippen LogP contribution in [0.3, 0.4) is 0 Å². The van der Waals surface area contributed by atoms with E-state index in [4.69, 9.17) is 11.5 Å². The Balaban J connectivity index is 2.99. The van der Waals surface area contributed by atoms with Crippen molar-refractivity contribution >= 4 is 0 Å². The summed E-state index contributed by atoms with van der Waals surface area (Å²) in [5.41, 5.74) is 11.5. The molecular formula is C24H52N2. The standard InChI is InChI=1S/C24H52N2/c1-2-24(26)22-20-18-16-14-12-10-8-6-4-3-5-7-9-11-13-15-17-19-21-23-25/h24H,2-23,25-26H2,1H3. The van der Waals surface area contributed by atoms with Gasteiger partial charge in [0, 0.05) is 6.04 Å². The second-order valence-corrected chi connectivity index (χ2v) is 8.46. The number of nitrogens with two attached hydrogens (primary N) is 2. The summed E-state index contributed by atoms with van der Waals surface area (Å²) in [7, 11) is 0. The van der Waals surface area contributed by atoms with Gasteiger partial charge in [0.25, 0.3) is 0 Å². The molecule has 0 saturated heterocycles. The quantitative estimate of drug-likeness (QED) is 0.194. The maximum Gasteiger partial charge on any atom is 0.00362 e. The summed E-state index contributed by atoms with van der Waals surface area (Å²) in [6.07, 6.45) is 29.4. The van der Waals surface area contributed by atoms with Crippen LogP contribution in [0, 0.1) is 0 Å². The van der Waals surface area contributed by atoms with Gasteiger partial charge >= 0.3 is 0 Å². The highest BCUT2D eigenvalue weighted by Crippen LogP contribution is 2.15. The molecule has 0 aromatic heterocycles. The second kappa shape index (κ2) is 23.0. The molecule has 1 atom stereocenters. The van der Waals surface area contributed by atoms with Gasteiger partial charge in [0.1, 0.15) is 0 Å². The zero-order valence-electron chi connectivity index (χ0n) is 18.3. The highest BCUT2D eigenvalue weighted by Gasteiger charge is 1.98. The van der Waals surface area contributed by atoms with Crippen molar-refractivity contribution in [3.8, 4) is 0 Å². The molecule has 0 bridgehead atoms. The van der Waals surface area contributed by atoms with E-state index < -0.39 is 0 Å². The Morgan fingerprint density at radius 3 is 1.00 bits per heavy atom. The minimum absolute atomic E-state index is 0.446. The van der Waals surface area contributed by atoms with Gasteiger partial charge in [-0.15, -0.1) is 0 Å². The highest BCUT2D eigenvalue weighted by atomic mass is 14.6. The monoisotopic (exact) mass is 368 g/mol. The first-order valence-electron chi connectivity index (χ1n) is 12.3. The minimum atomic E-state index is 0.446. The van der Waals surface area contributed by atoms with E-state index >= 15 is 0 Å². The van der Waals surface area contributed by atoms with Crippen LogP contribution in [0.25, 0.3) is 0 Å². The van der Waals surface area contributed by atoms with Gasteiger partial charge in [-0.1, -0.05) is 122 Å². The molecule has 26 heavy (non-hydrogen) atoms. The molecule has 0 aliphatic heterocycles. The van der Waals surface area contributed by atoms with Crippen molar-refractivity contribution in [2.24, 2.45) is 11.5 Å². The van der Waals surface area contributed by atoms with Crippen LogP contribution in [0.2, 0.25) is 0 Å². The van der Waals surface area contributed by atoms with E-state index in [9.17, 15) is 0 Å². The first-order chi connectivity index (χ1) is 12.8. The van der Waals surface area contributed by atoms with E-state index in [0.717, 1.165) is 13.0 Å². The Morgan fingerprint density at radius 1 is 0.462 bits per heavy atom. The van der Waals surface area contributed by atoms with Crippen LogP contribution < -0.4 is 11.5 Å². The molecule has 158 valence electrons. The van der Waals surface area contributed by atoms with Crippen LogP contribution >= 0.6 is 0 Å². The molecule has 0 rings (SSSR count). The zero-order valence-corrected chi connectivity index (χ0v) is 18.3. The average Bonchev–Trinajstić information content (AvgIpc) is 2.66. The van der Waals surface area contributed by atoms with Gasteiger partial charge in [0.15, 0.2) is 0 Å². The lowest BCUT2D eigenvalue weighted by Gasteiger charge is -2.07. The summed E-state index contributed by atoms with van der Waals surface area (Å²) in [5, 5.41) is 0. The molecule has 1 unspecified atom stereocenters. The van der Waals surface area contributed by atoms with Crippen molar-refractivity contribution in [3.05, 3.63) is 0 Å². The maximum absolute atomic E-state index is 5.95. The molecule has 4 N–H and O–H groups in total. The van der Waals surface area contributed by atoms with Crippen LogP contribution in [0.1, 0.15) is 142 Å². The molecular weight excluding hydrogens is 316 g/mol. The SMILES string of the molecule is CCC(N)CCCCCCCCCCCCCCCCCCCCCN. The molecule has 0 saturated carbocycles. The summed E-state index contributed by atoms with van der Waals surface area (Å²) in [5.74, 6) is 0. The van der Waals surface area contributed by atoms with Gasteiger partial charge in [0.2, 0.25) is 0 Å². The highest BCUT2D eigenvalue weighted by molar-refractivity contribution is 4.58. The molecule has 0 amide bonds. The molecule has 0 fully saturated rings. The van der Waals surface area contributed by atoms with Crippen molar-refractivity contribution in [2.75, 3.05) is 6.54 Å². The summed E-state index contributed by atoms with van der Waals surface area (Å²) < 4.78 is 0. The number of unbranched alkanes of at least 4 members (excludes halogenated alkanes) is 18. The molecule has 0 aromatic rings. The zero-order chi connectivity index (χ0) is 19.1. The molecule has 0 aromatic carbocycles. The fraction of sp³-hybridized carbons (Fsp3) is 1.00. The van der Waals surface area contributed by atoms with Gasteiger partial charge in [-0.2, -0.15) is 0 Å². The Kier molecular flexibility index (Phi) is 22.9. The van der Waals surface area contributed by atoms with Gasteiger partial charge in [-0.3, -0.25) is 0 Å². The smallest absolute Gasteiger partial charge is 0.00362 e. The summed E-state index contributed by atoms with van der Waals surface area (Å²) in [4.78, 5) is 0. The molecule has 0 radical (unpaired) electrons. The molecule has 0 spiro atoms. The van der Waals surface area contributed by atoms with Gasteiger partial charge in [-0.25, -0.2) is 0 Å². The van der Waals surface area contributed by atoms with Crippen molar-refractivity contribution in [1.82, 2.24) is 0 Å². The average molecular weight is 369 g/mol. The van der Waals surface area contributed by atoms with Gasteiger partial charge in [-0.05, 0) is 25.8 Å². The van der Waals surface area contributed by atoms with Crippen molar-refractivity contribution in [2.45, 2.75) is 148 Å². The summed E-state index contributed by atoms with van der Waals surface area (Å²) in [6, 6.07) is 0.446. The predicted molar refractivity (Wildman–Crippen MR) is 120 cm³/mol. The van der Waals surface area contributed by atoms with Crippen LogP contribution in [-0.4, -0.2) is 12.6 Å². The van der Waals surface area contributed by atoms with Crippen molar-refractivity contribution < 1.29 is 0 Å². The lowest BCUT2D eigenvalue weighted by atomic mass is 10.0. The van der Waals surface area contributed by atoms with Crippen LogP contribution in [0.5, 0.6) is 0 Å². The van der Waals surface area contributed by atoms with Crippen molar-refractivity contribution in [1.29, 1.82) is 0 Å². The van der Waals surface area contributed by atoms with Crippen LogP contribution in [0.4, 0.5) is 0 Å². The van der Waals surface area contributed by atoms with Gasteiger partial charge in [0.05, 0.1) is 0 Å².